The zero-order chi connectivity index (χ0) is 17.2. The Morgan fingerprint density at radius 3 is 2.76 bits per heavy atom. The third-order valence-electron chi connectivity index (χ3n) is 3.99. The molecule has 0 heterocycles. The number of hydrogen-bond acceptors (Lipinski definition) is 3. The van der Waals surface area contributed by atoms with Gasteiger partial charge in [0.1, 0.15) is 5.82 Å². The Labute approximate surface area is 167 Å². The highest BCUT2D eigenvalue weighted by atomic mass is 127. The summed E-state index contributed by atoms with van der Waals surface area (Å²) in [7, 11) is 1.74. The molecule has 0 unspecified atom stereocenters. The van der Waals surface area contributed by atoms with Gasteiger partial charge in [0.15, 0.2) is 5.96 Å². The number of halogens is 2. The molecule has 2 N–H and O–H groups in total. The molecule has 1 fully saturated rings. The lowest BCUT2D eigenvalue weighted by Crippen LogP contribution is -2.42. The van der Waals surface area contributed by atoms with Gasteiger partial charge >= 0.3 is 0 Å². The quantitative estimate of drug-likeness (QED) is 0.318. The Bertz CT molecular complexity index is 526. The maximum atomic E-state index is 13.2. The highest BCUT2D eigenvalue weighted by Gasteiger charge is 2.28. The van der Waals surface area contributed by atoms with Gasteiger partial charge in [-0.2, -0.15) is 0 Å². The second kappa shape index (κ2) is 12.4. The van der Waals surface area contributed by atoms with Crippen molar-refractivity contribution < 1.29 is 9.13 Å². The molecule has 1 aromatic rings. The number of methoxy groups -OCH3 is 1. The molecule has 1 aliphatic carbocycles. The Kier molecular flexibility index (Phi) is 11.0. The van der Waals surface area contributed by atoms with Crippen LogP contribution in [0.15, 0.2) is 29.3 Å². The van der Waals surface area contributed by atoms with E-state index in [9.17, 15) is 4.39 Å². The summed E-state index contributed by atoms with van der Waals surface area (Å²) >= 11 is 0. The van der Waals surface area contributed by atoms with Crippen LogP contribution in [0.25, 0.3) is 0 Å². The largest absolute Gasteiger partial charge is 0.383 e. The molecule has 1 aliphatic rings. The Balaban J connectivity index is 0.00000312. The van der Waals surface area contributed by atoms with Crippen molar-refractivity contribution in [3.63, 3.8) is 0 Å². The van der Waals surface area contributed by atoms with Crippen LogP contribution in [0, 0.1) is 5.82 Å². The Morgan fingerprint density at radius 2 is 2.12 bits per heavy atom. The van der Waals surface area contributed by atoms with Crippen LogP contribution in [-0.2, 0) is 11.3 Å². The van der Waals surface area contributed by atoms with Crippen LogP contribution in [0.5, 0.6) is 0 Å². The molecular weight excluding hydrogens is 434 g/mol. The monoisotopic (exact) mass is 464 g/mol. The molecule has 0 saturated heterocycles. The van der Waals surface area contributed by atoms with Gasteiger partial charge in [0.2, 0.25) is 0 Å². The highest BCUT2D eigenvalue weighted by molar-refractivity contribution is 14.0. The molecule has 1 aromatic carbocycles. The second-order valence-electron chi connectivity index (χ2n) is 6.01. The summed E-state index contributed by atoms with van der Waals surface area (Å²) in [6.45, 7) is 6.83. The van der Waals surface area contributed by atoms with E-state index in [1.165, 1.54) is 25.0 Å². The van der Waals surface area contributed by atoms with E-state index in [4.69, 9.17) is 4.74 Å². The van der Waals surface area contributed by atoms with Crippen LogP contribution in [0.1, 0.15) is 25.3 Å². The van der Waals surface area contributed by atoms with Gasteiger partial charge in [-0.15, -0.1) is 24.0 Å². The number of guanidine groups is 1. The number of ether oxygens (including phenoxy) is 1. The molecular formula is C18H30FIN4O. The van der Waals surface area contributed by atoms with Crippen LogP contribution in [0.3, 0.4) is 0 Å². The van der Waals surface area contributed by atoms with Gasteiger partial charge in [0, 0.05) is 39.3 Å². The zero-order valence-electron chi connectivity index (χ0n) is 15.1. The van der Waals surface area contributed by atoms with Gasteiger partial charge in [-0.05, 0) is 37.5 Å². The smallest absolute Gasteiger partial charge is 0.191 e. The maximum Gasteiger partial charge on any atom is 0.191 e. The van der Waals surface area contributed by atoms with E-state index in [1.54, 1.807) is 13.2 Å². The average Bonchev–Trinajstić information content (AvgIpc) is 3.40. The molecule has 25 heavy (non-hydrogen) atoms. The topological polar surface area (TPSA) is 48.9 Å². The lowest BCUT2D eigenvalue weighted by molar-refractivity contribution is 0.144. The van der Waals surface area contributed by atoms with Gasteiger partial charge < -0.3 is 15.4 Å². The van der Waals surface area contributed by atoms with Gasteiger partial charge in [-0.1, -0.05) is 12.1 Å². The van der Waals surface area contributed by atoms with Gasteiger partial charge in [-0.3, -0.25) is 4.90 Å². The Morgan fingerprint density at radius 1 is 1.32 bits per heavy atom. The van der Waals surface area contributed by atoms with Crippen LogP contribution >= 0.6 is 24.0 Å². The third kappa shape index (κ3) is 8.82. The number of hydrogen-bond donors (Lipinski definition) is 2. The Hall–Kier alpha value is -0.930. The van der Waals surface area contributed by atoms with Crippen molar-refractivity contribution in [2.75, 3.05) is 39.9 Å². The first-order chi connectivity index (χ1) is 11.7. The minimum atomic E-state index is -0.223. The van der Waals surface area contributed by atoms with Crippen molar-refractivity contribution in [3.05, 3.63) is 35.6 Å². The first kappa shape index (κ1) is 22.1. The summed E-state index contributed by atoms with van der Waals surface area (Å²) in [5, 5.41) is 6.59. The number of aliphatic imine (C=N–C) groups is 1. The number of nitrogens with one attached hydrogen (secondary N) is 2. The van der Waals surface area contributed by atoms with Gasteiger partial charge in [0.25, 0.3) is 0 Å². The van der Waals surface area contributed by atoms with Crippen LogP contribution in [0.2, 0.25) is 0 Å². The summed E-state index contributed by atoms with van der Waals surface area (Å²) < 4.78 is 18.4. The van der Waals surface area contributed by atoms with E-state index in [-0.39, 0.29) is 29.8 Å². The number of nitrogens with zero attached hydrogens (tertiary/aromatic N) is 2. The van der Waals surface area contributed by atoms with Gasteiger partial charge in [0.05, 0.1) is 13.2 Å². The number of benzene rings is 1. The van der Waals surface area contributed by atoms with Crippen LogP contribution < -0.4 is 10.6 Å². The SMILES string of the molecule is CCNC(=NCc1cccc(F)c1)NCCN(CCOC)C1CC1.I. The minimum Gasteiger partial charge on any atom is -0.383 e. The van der Waals surface area contributed by atoms with E-state index in [0.717, 1.165) is 44.3 Å². The molecule has 5 nitrogen and oxygen atoms in total. The predicted molar refractivity (Wildman–Crippen MR) is 111 cm³/mol. The lowest BCUT2D eigenvalue weighted by atomic mass is 10.2. The third-order valence-corrected chi connectivity index (χ3v) is 3.99. The predicted octanol–water partition coefficient (Wildman–Crippen LogP) is 2.61. The minimum absolute atomic E-state index is 0. The van der Waals surface area contributed by atoms with Crippen molar-refractivity contribution in [3.8, 4) is 0 Å². The first-order valence-corrected chi connectivity index (χ1v) is 8.72. The van der Waals surface area contributed by atoms with Gasteiger partial charge in [-0.25, -0.2) is 9.38 Å². The van der Waals surface area contributed by atoms with Crippen molar-refractivity contribution in [1.82, 2.24) is 15.5 Å². The maximum absolute atomic E-state index is 13.2. The fourth-order valence-electron chi connectivity index (χ4n) is 2.59. The zero-order valence-corrected chi connectivity index (χ0v) is 17.5. The summed E-state index contributed by atoms with van der Waals surface area (Å²) in [4.78, 5) is 6.99. The summed E-state index contributed by atoms with van der Waals surface area (Å²) in [6.07, 6.45) is 2.58. The molecule has 2 rings (SSSR count). The normalized spacial score (nSPS) is 14.3. The molecule has 0 atom stereocenters. The molecule has 1 saturated carbocycles. The van der Waals surface area contributed by atoms with Crippen LogP contribution in [-0.4, -0.2) is 56.8 Å². The number of rotatable bonds is 10. The van der Waals surface area contributed by atoms with E-state index >= 15 is 0 Å². The van der Waals surface area contributed by atoms with E-state index in [1.807, 2.05) is 13.0 Å². The molecule has 0 bridgehead atoms. The first-order valence-electron chi connectivity index (χ1n) is 8.72. The van der Waals surface area contributed by atoms with Crippen molar-refractivity contribution >= 4 is 29.9 Å². The summed E-state index contributed by atoms with van der Waals surface area (Å²) in [6, 6.07) is 7.28. The lowest BCUT2D eigenvalue weighted by Gasteiger charge is -2.22. The molecule has 142 valence electrons. The van der Waals surface area contributed by atoms with E-state index in [0.29, 0.717) is 12.6 Å². The molecule has 0 amide bonds. The standard InChI is InChI=1S/C18H29FN4O.HI/c1-3-20-18(22-14-15-5-4-6-16(19)13-15)21-9-10-23(11-12-24-2)17-7-8-17;/h4-6,13,17H,3,7-12,14H2,1-2H3,(H2,20,21,22);1H. The van der Waals surface area contributed by atoms with E-state index in [2.05, 4.69) is 20.5 Å². The molecule has 0 spiro atoms. The fraction of sp³-hybridized carbons (Fsp3) is 0.611. The highest BCUT2D eigenvalue weighted by Crippen LogP contribution is 2.25. The fourth-order valence-corrected chi connectivity index (χ4v) is 2.59. The molecule has 0 aliphatic heterocycles. The molecule has 0 aromatic heterocycles. The average molecular weight is 464 g/mol. The second-order valence-corrected chi connectivity index (χ2v) is 6.01. The van der Waals surface area contributed by atoms with Crippen LogP contribution in [0.4, 0.5) is 4.39 Å². The summed E-state index contributed by atoms with van der Waals surface area (Å²) in [5.41, 5.74) is 0.868. The molecule has 7 heteroatoms. The van der Waals surface area contributed by atoms with Crippen molar-refractivity contribution in [2.45, 2.75) is 32.4 Å². The van der Waals surface area contributed by atoms with Crippen molar-refractivity contribution in [1.29, 1.82) is 0 Å². The molecule has 0 radical (unpaired) electrons. The van der Waals surface area contributed by atoms with Crippen molar-refractivity contribution in [2.24, 2.45) is 4.99 Å². The van der Waals surface area contributed by atoms with E-state index < -0.39 is 0 Å². The summed E-state index contributed by atoms with van der Waals surface area (Å²) in [5.74, 6) is 0.545.